The zero-order chi connectivity index (χ0) is 17.9. The van der Waals surface area contributed by atoms with Gasteiger partial charge in [0.25, 0.3) is 10.1 Å². The molecule has 0 bridgehead atoms. The van der Waals surface area contributed by atoms with Gasteiger partial charge in [-0.15, -0.1) is 0 Å². The van der Waals surface area contributed by atoms with Gasteiger partial charge in [-0.25, -0.2) is 9.97 Å². The smallest absolute Gasteiger partial charge is 0.282 e. The number of hydrogen-bond acceptors (Lipinski definition) is 6. The van der Waals surface area contributed by atoms with E-state index in [4.69, 9.17) is 0 Å². The first-order valence-electron chi connectivity index (χ1n) is 7.73. The standard InChI is InChI=1S/C18H10N4O3S/c23-26(24,25)10-5-6-13-14(9-10)22-18-12-4-2-8-20-16(12)15-11(17(18)21-13)3-1-7-19-15/h1-9H,(H,23,24,25). The van der Waals surface area contributed by atoms with Crippen molar-refractivity contribution in [1.29, 1.82) is 0 Å². The van der Waals surface area contributed by atoms with Crippen LogP contribution in [0.2, 0.25) is 0 Å². The van der Waals surface area contributed by atoms with Gasteiger partial charge >= 0.3 is 0 Å². The molecule has 0 aliphatic rings. The van der Waals surface area contributed by atoms with E-state index in [9.17, 15) is 13.0 Å². The zero-order valence-corrected chi connectivity index (χ0v) is 14.0. The predicted molar refractivity (Wildman–Crippen MR) is 97.5 cm³/mol. The number of aromatic nitrogens is 4. The molecule has 2 aromatic carbocycles. The zero-order valence-electron chi connectivity index (χ0n) is 13.2. The van der Waals surface area contributed by atoms with Crippen LogP contribution in [-0.4, -0.2) is 32.9 Å². The van der Waals surface area contributed by atoms with Crippen molar-refractivity contribution in [3.05, 3.63) is 54.9 Å². The van der Waals surface area contributed by atoms with Crippen molar-refractivity contribution in [3.63, 3.8) is 0 Å². The van der Waals surface area contributed by atoms with Crippen LogP contribution in [0.4, 0.5) is 0 Å². The van der Waals surface area contributed by atoms with Crippen molar-refractivity contribution in [1.82, 2.24) is 19.9 Å². The van der Waals surface area contributed by atoms with Crippen LogP contribution in [-0.2, 0) is 10.1 Å². The molecular weight excluding hydrogens is 352 g/mol. The van der Waals surface area contributed by atoms with Gasteiger partial charge in [-0.3, -0.25) is 14.5 Å². The molecule has 1 N–H and O–H groups in total. The summed E-state index contributed by atoms with van der Waals surface area (Å²) in [7, 11) is -4.31. The molecule has 0 saturated heterocycles. The normalized spacial score (nSPS) is 12.3. The van der Waals surface area contributed by atoms with Gasteiger partial charge in [0, 0.05) is 23.2 Å². The molecule has 7 nitrogen and oxygen atoms in total. The highest BCUT2D eigenvalue weighted by atomic mass is 32.2. The Balaban J connectivity index is 2.03. The van der Waals surface area contributed by atoms with Crippen molar-refractivity contribution in [2.24, 2.45) is 0 Å². The average Bonchev–Trinajstić information content (AvgIpc) is 2.66. The molecule has 0 radical (unpaired) electrons. The summed E-state index contributed by atoms with van der Waals surface area (Å²) in [5, 5.41) is 1.60. The molecule has 0 atom stereocenters. The summed E-state index contributed by atoms with van der Waals surface area (Å²) in [6.07, 6.45) is 3.39. The molecular formula is C18H10N4O3S. The maximum atomic E-state index is 11.4. The first-order valence-corrected chi connectivity index (χ1v) is 9.17. The number of rotatable bonds is 1. The summed E-state index contributed by atoms with van der Waals surface area (Å²) >= 11 is 0. The third-order valence-electron chi connectivity index (χ3n) is 4.28. The molecule has 0 spiro atoms. The van der Waals surface area contributed by atoms with E-state index >= 15 is 0 Å². The van der Waals surface area contributed by atoms with E-state index in [0.717, 1.165) is 16.3 Å². The second-order valence-corrected chi connectivity index (χ2v) is 7.27. The summed E-state index contributed by atoms with van der Waals surface area (Å²) < 4.78 is 32.1. The first-order chi connectivity index (χ1) is 12.5. The molecule has 126 valence electrons. The molecule has 0 aliphatic heterocycles. The summed E-state index contributed by atoms with van der Waals surface area (Å²) in [5.74, 6) is 0. The maximum Gasteiger partial charge on any atom is 0.294 e. The van der Waals surface area contributed by atoms with E-state index in [2.05, 4.69) is 19.9 Å². The van der Waals surface area contributed by atoms with E-state index in [1.54, 1.807) is 18.5 Å². The molecule has 5 aromatic rings. The summed E-state index contributed by atoms with van der Waals surface area (Å²) in [5.41, 5.74) is 3.61. The summed E-state index contributed by atoms with van der Waals surface area (Å²) in [6, 6.07) is 11.6. The Morgan fingerprint density at radius 1 is 0.731 bits per heavy atom. The predicted octanol–water partition coefficient (Wildman–Crippen LogP) is 3.13. The lowest BCUT2D eigenvalue weighted by Crippen LogP contribution is -1.99. The molecule has 3 aromatic heterocycles. The first kappa shape index (κ1) is 15.1. The van der Waals surface area contributed by atoms with Crippen LogP contribution in [0.3, 0.4) is 0 Å². The van der Waals surface area contributed by atoms with Crippen LogP contribution < -0.4 is 0 Å². The Kier molecular flexibility index (Phi) is 2.97. The molecule has 0 fully saturated rings. The largest absolute Gasteiger partial charge is 0.294 e. The van der Waals surface area contributed by atoms with Gasteiger partial charge in [0.15, 0.2) is 0 Å². The van der Waals surface area contributed by atoms with Gasteiger partial charge < -0.3 is 0 Å². The number of benzene rings is 2. The molecule has 0 unspecified atom stereocenters. The maximum absolute atomic E-state index is 11.4. The lowest BCUT2D eigenvalue weighted by atomic mass is 10.1. The Morgan fingerprint density at radius 3 is 1.88 bits per heavy atom. The van der Waals surface area contributed by atoms with Crippen LogP contribution in [0, 0.1) is 0 Å². The second kappa shape index (κ2) is 5.13. The fraction of sp³-hybridized carbons (Fsp3) is 0. The molecule has 3 heterocycles. The summed E-state index contributed by atoms with van der Waals surface area (Å²) in [6.45, 7) is 0. The van der Waals surface area contributed by atoms with Crippen LogP contribution in [0.15, 0.2) is 59.8 Å². The Hall–Kier alpha value is -3.23. The quantitative estimate of drug-likeness (QED) is 0.277. The number of hydrogen-bond donors (Lipinski definition) is 1. The van der Waals surface area contributed by atoms with Crippen molar-refractivity contribution in [2.45, 2.75) is 4.90 Å². The van der Waals surface area contributed by atoms with Gasteiger partial charge in [-0.1, -0.05) is 0 Å². The highest BCUT2D eigenvalue weighted by molar-refractivity contribution is 7.85. The van der Waals surface area contributed by atoms with E-state index < -0.39 is 10.1 Å². The molecule has 0 aliphatic carbocycles. The minimum absolute atomic E-state index is 0.219. The lowest BCUT2D eigenvalue weighted by Gasteiger charge is -2.09. The van der Waals surface area contributed by atoms with Crippen LogP contribution in [0.5, 0.6) is 0 Å². The Bertz CT molecular complexity index is 1470. The van der Waals surface area contributed by atoms with Crippen LogP contribution >= 0.6 is 0 Å². The molecule has 5 rings (SSSR count). The third kappa shape index (κ3) is 2.13. The van der Waals surface area contributed by atoms with Crippen molar-refractivity contribution >= 4 is 54.0 Å². The topological polar surface area (TPSA) is 106 Å². The van der Waals surface area contributed by atoms with Crippen LogP contribution in [0.25, 0.3) is 43.9 Å². The Labute approximate surface area is 147 Å². The fourth-order valence-corrected chi connectivity index (χ4v) is 3.64. The molecule has 0 saturated carbocycles. The van der Waals surface area contributed by atoms with Gasteiger partial charge in [0.1, 0.15) is 0 Å². The monoisotopic (exact) mass is 362 g/mol. The van der Waals surface area contributed by atoms with Crippen molar-refractivity contribution in [3.8, 4) is 0 Å². The minimum Gasteiger partial charge on any atom is -0.282 e. The van der Waals surface area contributed by atoms with E-state index in [1.165, 1.54) is 18.2 Å². The second-order valence-electron chi connectivity index (χ2n) is 5.85. The van der Waals surface area contributed by atoms with Gasteiger partial charge in [-0.05, 0) is 42.5 Å². The van der Waals surface area contributed by atoms with E-state index in [-0.39, 0.29) is 4.90 Å². The number of pyridine rings is 2. The van der Waals surface area contributed by atoms with Crippen molar-refractivity contribution in [2.75, 3.05) is 0 Å². The molecule has 8 heteroatoms. The van der Waals surface area contributed by atoms with E-state index in [0.29, 0.717) is 27.6 Å². The highest BCUT2D eigenvalue weighted by Gasteiger charge is 2.15. The molecule has 26 heavy (non-hydrogen) atoms. The Morgan fingerprint density at radius 2 is 1.31 bits per heavy atom. The van der Waals surface area contributed by atoms with Gasteiger partial charge in [0.2, 0.25) is 0 Å². The van der Waals surface area contributed by atoms with Gasteiger partial charge in [-0.2, -0.15) is 8.42 Å². The number of nitrogens with zero attached hydrogens (tertiary/aromatic N) is 4. The van der Waals surface area contributed by atoms with Crippen LogP contribution in [0.1, 0.15) is 0 Å². The molecule has 0 amide bonds. The lowest BCUT2D eigenvalue weighted by molar-refractivity contribution is 0.483. The number of fused-ring (bicyclic) bond motifs is 7. The van der Waals surface area contributed by atoms with E-state index in [1.807, 2.05) is 18.2 Å². The minimum atomic E-state index is -4.31. The SMILES string of the molecule is O=S(=O)(O)c1ccc2nc3c4cccnc4c4ncccc4c3nc2c1. The highest BCUT2D eigenvalue weighted by Crippen LogP contribution is 2.32. The average molecular weight is 362 g/mol. The van der Waals surface area contributed by atoms with Crippen molar-refractivity contribution < 1.29 is 13.0 Å². The fourth-order valence-electron chi connectivity index (χ4n) is 3.14. The summed E-state index contributed by atoms with van der Waals surface area (Å²) in [4.78, 5) is 18.0. The third-order valence-corrected chi connectivity index (χ3v) is 5.13. The van der Waals surface area contributed by atoms with Gasteiger partial charge in [0.05, 0.1) is 38.0 Å².